The van der Waals surface area contributed by atoms with Crippen LogP contribution in [0.2, 0.25) is 5.02 Å². The van der Waals surface area contributed by atoms with Crippen molar-refractivity contribution in [1.82, 2.24) is 4.57 Å². The zero-order valence-electron chi connectivity index (χ0n) is 15.5. The van der Waals surface area contributed by atoms with Gasteiger partial charge < -0.3 is 9.67 Å². The summed E-state index contributed by atoms with van der Waals surface area (Å²) in [5, 5.41) is 9.21. The number of carbonyl (C=O) groups is 1. The molecule has 1 unspecified atom stereocenters. The first kappa shape index (κ1) is 20.2. The van der Waals surface area contributed by atoms with E-state index in [1.807, 2.05) is 13.0 Å². The average molecular weight is 418 g/mol. The normalized spacial score (nSPS) is 12.8. The molecule has 1 N–H and O–H groups in total. The van der Waals surface area contributed by atoms with E-state index in [4.69, 9.17) is 11.6 Å². The van der Waals surface area contributed by atoms with Crippen LogP contribution in [0.5, 0.6) is 0 Å². The molecule has 5 nitrogen and oxygen atoms in total. The van der Waals surface area contributed by atoms with Crippen molar-refractivity contribution in [2.24, 2.45) is 0 Å². The van der Waals surface area contributed by atoms with E-state index < -0.39 is 21.1 Å². The summed E-state index contributed by atoms with van der Waals surface area (Å²) in [7, 11) is -3.90. The Morgan fingerprint density at radius 1 is 1.25 bits per heavy atom. The van der Waals surface area contributed by atoms with Gasteiger partial charge in [0.15, 0.2) is 9.84 Å². The van der Waals surface area contributed by atoms with Crippen molar-refractivity contribution in [3.8, 4) is 0 Å². The third-order valence-corrected chi connectivity index (χ3v) is 7.18. The summed E-state index contributed by atoms with van der Waals surface area (Å²) < 4.78 is 28.8. The van der Waals surface area contributed by atoms with Crippen LogP contribution < -0.4 is 0 Å². The third kappa shape index (κ3) is 3.45. The second kappa shape index (κ2) is 7.45. The number of halogens is 1. The van der Waals surface area contributed by atoms with E-state index in [-0.39, 0.29) is 11.4 Å². The Hall–Kier alpha value is -2.57. The van der Waals surface area contributed by atoms with Gasteiger partial charge in [-0.25, -0.2) is 8.42 Å². The van der Waals surface area contributed by atoms with Gasteiger partial charge in [-0.15, -0.1) is 6.58 Å². The van der Waals surface area contributed by atoms with Crippen LogP contribution in [0.15, 0.2) is 60.0 Å². The lowest BCUT2D eigenvalue weighted by molar-refractivity contribution is -0.137. The van der Waals surface area contributed by atoms with Crippen molar-refractivity contribution in [2.75, 3.05) is 0 Å². The molecule has 146 valence electrons. The summed E-state index contributed by atoms with van der Waals surface area (Å²) in [6.45, 7) is 6.89. The highest BCUT2D eigenvalue weighted by Gasteiger charge is 2.32. The summed E-state index contributed by atoms with van der Waals surface area (Å²) in [5.41, 5.74) is 2.35. The summed E-state index contributed by atoms with van der Waals surface area (Å²) in [6.07, 6.45) is 1.37. The molecule has 1 aromatic heterocycles. The fraction of sp³-hybridized carbons (Fsp3) is 0.190. The second-order valence-corrected chi connectivity index (χ2v) is 9.11. The van der Waals surface area contributed by atoms with Gasteiger partial charge in [-0.2, -0.15) is 0 Å². The lowest BCUT2D eigenvalue weighted by atomic mass is 10.1. The number of hydrogen-bond donors (Lipinski definition) is 1. The number of aromatic nitrogens is 1. The van der Waals surface area contributed by atoms with Gasteiger partial charge in [0, 0.05) is 16.1 Å². The van der Waals surface area contributed by atoms with Crippen molar-refractivity contribution in [2.45, 2.75) is 30.5 Å². The average Bonchev–Trinajstić information content (AvgIpc) is 2.86. The minimum Gasteiger partial charge on any atom is -0.480 e. The first-order valence-electron chi connectivity index (χ1n) is 8.60. The van der Waals surface area contributed by atoms with Gasteiger partial charge in [-0.1, -0.05) is 41.4 Å². The Morgan fingerprint density at radius 2 is 1.96 bits per heavy atom. The summed E-state index contributed by atoms with van der Waals surface area (Å²) >= 11 is 6.05. The number of hydrogen-bond acceptors (Lipinski definition) is 3. The molecule has 0 fully saturated rings. The first-order chi connectivity index (χ1) is 13.2. The predicted molar refractivity (Wildman–Crippen MR) is 111 cm³/mol. The number of rotatable bonds is 6. The number of carboxylic acids is 1. The van der Waals surface area contributed by atoms with Crippen molar-refractivity contribution in [1.29, 1.82) is 0 Å². The highest BCUT2D eigenvalue weighted by atomic mass is 35.5. The SMILES string of the molecule is C=CC(c1cccc(Cl)c1)S(=O)(=O)c1c(C)n(CC(=O)O)c2ccc(C)cc12. The maximum atomic E-state index is 13.6. The quantitative estimate of drug-likeness (QED) is 0.590. The third-order valence-electron chi connectivity index (χ3n) is 4.72. The smallest absolute Gasteiger partial charge is 0.323 e. The van der Waals surface area contributed by atoms with E-state index in [0.717, 1.165) is 5.56 Å². The van der Waals surface area contributed by atoms with Crippen LogP contribution in [-0.2, 0) is 21.2 Å². The number of nitrogens with zero attached hydrogens (tertiary/aromatic N) is 1. The van der Waals surface area contributed by atoms with E-state index >= 15 is 0 Å². The van der Waals surface area contributed by atoms with Crippen molar-refractivity contribution < 1.29 is 18.3 Å². The molecule has 0 spiro atoms. The van der Waals surface area contributed by atoms with Crippen LogP contribution in [0.3, 0.4) is 0 Å². The van der Waals surface area contributed by atoms with Crippen LogP contribution in [0.25, 0.3) is 10.9 Å². The van der Waals surface area contributed by atoms with Gasteiger partial charge in [0.1, 0.15) is 11.8 Å². The topological polar surface area (TPSA) is 76.4 Å². The van der Waals surface area contributed by atoms with Crippen LogP contribution in [0, 0.1) is 13.8 Å². The zero-order chi connectivity index (χ0) is 20.6. The number of sulfone groups is 1. The molecule has 0 bridgehead atoms. The lowest BCUT2D eigenvalue weighted by Gasteiger charge is -2.15. The molecule has 2 aromatic carbocycles. The molecule has 0 aliphatic carbocycles. The summed E-state index contributed by atoms with van der Waals surface area (Å²) in [5.74, 6) is -1.04. The van der Waals surface area contributed by atoms with Gasteiger partial charge in [0.2, 0.25) is 0 Å². The molecular formula is C21H20ClNO4S. The predicted octanol–water partition coefficient (Wildman–Crippen LogP) is 4.70. The minimum absolute atomic E-state index is 0.123. The molecule has 0 aliphatic heterocycles. The van der Waals surface area contributed by atoms with Gasteiger partial charge >= 0.3 is 5.97 Å². The number of fused-ring (bicyclic) bond motifs is 1. The Bertz CT molecular complexity index is 1190. The maximum Gasteiger partial charge on any atom is 0.323 e. The summed E-state index contributed by atoms with van der Waals surface area (Å²) in [4.78, 5) is 11.5. The zero-order valence-corrected chi connectivity index (χ0v) is 17.1. The Kier molecular flexibility index (Phi) is 5.37. The highest BCUT2D eigenvalue weighted by molar-refractivity contribution is 7.92. The Morgan fingerprint density at radius 3 is 2.57 bits per heavy atom. The van der Waals surface area contributed by atoms with Gasteiger partial charge in [-0.05, 0) is 43.7 Å². The maximum absolute atomic E-state index is 13.6. The van der Waals surface area contributed by atoms with Crippen LogP contribution in [-0.4, -0.2) is 24.1 Å². The van der Waals surface area contributed by atoms with Crippen LogP contribution in [0.1, 0.15) is 22.1 Å². The molecule has 3 rings (SSSR count). The van der Waals surface area contributed by atoms with Gasteiger partial charge in [-0.3, -0.25) is 4.79 Å². The minimum atomic E-state index is -3.90. The molecular weight excluding hydrogens is 398 g/mol. The van der Waals surface area contributed by atoms with Crippen molar-refractivity contribution in [3.05, 3.63) is 77.0 Å². The van der Waals surface area contributed by atoms with E-state index in [0.29, 0.717) is 27.2 Å². The number of carboxylic acid groups (broad SMARTS) is 1. The molecule has 0 radical (unpaired) electrons. The van der Waals surface area contributed by atoms with Crippen LogP contribution in [0.4, 0.5) is 0 Å². The monoisotopic (exact) mass is 417 g/mol. The van der Waals surface area contributed by atoms with E-state index in [1.54, 1.807) is 43.3 Å². The molecule has 0 aliphatic rings. The highest BCUT2D eigenvalue weighted by Crippen LogP contribution is 2.38. The van der Waals surface area contributed by atoms with Crippen LogP contribution >= 0.6 is 11.6 Å². The molecule has 1 heterocycles. The molecule has 0 saturated heterocycles. The van der Waals surface area contributed by atoms with Gasteiger partial charge in [0.25, 0.3) is 0 Å². The first-order valence-corrected chi connectivity index (χ1v) is 10.5. The van der Waals surface area contributed by atoms with Crippen molar-refractivity contribution in [3.63, 3.8) is 0 Å². The molecule has 0 amide bonds. The van der Waals surface area contributed by atoms with Crippen molar-refractivity contribution >= 4 is 38.3 Å². The fourth-order valence-corrected chi connectivity index (χ4v) is 5.72. The number of aryl methyl sites for hydroxylation is 1. The largest absolute Gasteiger partial charge is 0.480 e. The summed E-state index contributed by atoms with van der Waals surface area (Å²) in [6, 6.07) is 12.0. The molecule has 1 atom stereocenters. The lowest BCUT2D eigenvalue weighted by Crippen LogP contribution is -2.14. The molecule has 0 saturated carbocycles. The number of aliphatic carboxylic acids is 1. The van der Waals surface area contributed by atoms with E-state index in [9.17, 15) is 18.3 Å². The fourth-order valence-electron chi connectivity index (χ4n) is 3.52. The van der Waals surface area contributed by atoms with Gasteiger partial charge in [0.05, 0.1) is 10.4 Å². The molecule has 28 heavy (non-hydrogen) atoms. The van der Waals surface area contributed by atoms with E-state index in [1.165, 1.54) is 10.6 Å². The number of benzene rings is 2. The Balaban J connectivity index is 2.32. The van der Waals surface area contributed by atoms with E-state index in [2.05, 4.69) is 6.58 Å². The molecule has 3 aromatic rings. The second-order valence-electron chi connectivity index (χ2n) is 6.67. The standard InChI is InChI=1S/C21H20ClNO4S/c1-4-19(15-6-5-7-16(22)11-15)28(26,27)21-14(3)23(12-20(24)25)18-9-8-13(2)10-17(18)21/h4-11,19H,1,12H2,2-3H3,(H,24,25). The Labute approximate surface area is 168 Å². The molecule has 7 heteroatoms.